The summed E-state index contributed by atoms with van der Waals surface area (Å²) in [6, 6.07) is 9.18. The molecule has 23 heavy (non-hydrogen) atoms. The molecule has 0 unspecified atom stereocenters. The highest BCUT2D eigenvalue weighted by Gasteiger charge is 2.33. The molecule has 2 saturated heterocycles. The normalized spacial score (nSPS) is 27.4. The molecular formula is C16H21NO5S. The van der Waals surface area contributed by atoms with Crippen LogP contribution in [0.2, 0.25) is 0 Å². The zero-order valence-electron chi connectivity index (χ0n) is 12.9. The molecule has 0 N–H and O–H groups in total. The van der Waals surface area contributed by atoms with E-state index in [1.807, 2.05) is 30.3 Å². The number of carbonyl (C=O) groups is 1. The minimum atomic E-state index is -3.28. The second kappa shape index (κ2) is 6.88. The van der Waals surface area contributed by atoms with Crippen LogP contribution in [0, 0.1) is 0 Å². The van der Waals surface area contributed by atoms with E-state index < -0.39 is 21.2 Å². The Balaban J connectivity index is 1.68. The van der Waals surface area contributed by atoms with Gasteiger partial charge in [-0.15, -0.1) is 0 Å². The number of hydrogen-bond donors (Lipinski definition) is 0. The molecule has 6 nitrogen and oxygen atoms in total. The minimum absolute atomic E-state index is 0.0389. The van der Waals surface area contributed by atoms with Crippen molar-refractivity contribution >= 4 is 15.9 Å². The van der Waals surface area contributed by atoms with Gasteiger partial charge in [-0.25, -0.2) is 13.2 Å². The number of hydrogen-bond acceptors (Lipinski definition) is 5. The van der Waals surface area contributed by atoms with Gasteiger partial charge in [0.05, 0.1) is 24.2 Å². The van der Waals surface area contributed by atoms with Gasteiger partial charge in [0.25, 0.3) is 0 Å². The number of nitrogens with zero attached hydrogens (tertiary/aromatic N) is 1. The SMILES string of the molecule is O=C(O[C@H]1CCOC1)N1CC[C@@H](c2ccccc2)S(=O)(=O)CC1. The van der Waals surface area contributed by atoms with E-state index in [0.29, 0.717) is 32.6 Å². The molecular weight excluding hydrogens is 318 g/mol. The third-order valence-electron chi connectivity index (χ3n) is 4.33. The Bertz CT molecular complexity index is 640. The van der Waals surface area contributed by atoms with Crippen molar-refractivity contribution in [1.29, 1.82) is 0 Å². The molecule has 0 aliphatic carbocycles. The monoisotopic (exact) mass is 339 g/mol. The molecule has 0 radical (unpaired) electrons. The lowest BCUT2D eigenvalue weighted by molar-refractivity contribution is 0.0560. The van der Waals surface area contributed by atoms with Crippen LogP contribution < -0.4 is 0 Å². The van der Waals surface area contributed by atoms with Gasteiger partial charge in [0.2, 0.25) is 0 Å². The first-order valence-corrected chi connectivity index (χ1v) is 9.57. The van der Waals surface area contributed by atoms with E-state index >= 15 is 0 Å². The number of benzene rings is 1. The van der Waals surface area contributed by atoms with E-state index in [4.69, 9.17) is 9.47 Å². The second-order valence-corrected chi connectivity index (χ2v) is 8.21. The lowest BCUT2D eigenvalue weighted by Crippen LogP contribution is -2.36. The van der Waals surface area contributed by atoms with E-state index in [9.17, 15) is 13.2 Å². The van der Waals surface area contributed by atoms with Crippen molar-refractivity contribution in [2.75, 3.05) is 32.1 Å². The molecule has 2 fully saturated rings. The Hall–Kier alpha value is -1.60. The smallest absolute Gasteiger partial charge is 0.410 e. The molecule has 2 atom stereocenters. The highest BCUT2D eigenvalue weighted by Crippen LogP contribution is 2.29. The van der Waals surface area contributed by atoms with Gasteiger partial charge in [-0.1, -0.05) is 30.3 Å². The lowest BCUT2D eigenvalue weighted by Gasteiger charge is -2.21. The molecule has 0 saturated carbocycles. The summed E-state index contributed by atoms with van der Waals surface area (Å²) in [6.07, 6.45) is 0.435. The summed E-state index contributed by atoms with van der Waals surface area (Å²) in [5.74, 6) is -0.0389. The van der Waals surface area contributed by atoms with E-state index in [1.54, 1.807) is 0 Å². The Morgan fingerprint density at radius 3 is 2.65 bits per heavy atom. The molecule has 0 spiro atoms. The average molecular weight is 339 g/mol. The van der Waals surface area contributed by atoms with Gasteiger partial charge in [0, 0.05) is 19.5 Å². The second-order valence-electron chi connectivity index (χ2n) is 5.91. The highest BCUT2D eigenvalue weighted by molar-refractivity contribution is 7.91. The Morgan fingerprint density at radius 2 is 1.96 bits per heavy atom. The average Bonchev–Trinajstić information content (AvgIpc) is 2.98. The number of rotatable bonds is 2. The van der Waals surface area contributed by atoms with Gasteiger partial charge < -0.3 is 14.4 Å². The first-order valence-electron chi connectivity index (χ1n) is 7.86. The molecule has 2 aliphatic heterocycles. The lowest BCUT2D eigenvalue weighted by atomic mass is 10.1. The van der Waals surface area contributed by atoms with Crippen LogP contribution in [0.5, 0.6) is 0 Å². The molecule has 0 bridgehead atoms. The van der Waals surface area contributed by atoms with Crippen molar-refractivity contribution in [3.05, 3.63) is 35.9 Å². The van der Waals surface area contributed by atoms with Crippen molar-refractivity contribution in [2.45, 2.75) is 24.2 Å². The van der Waals surface area contributed by atoms with Crippen molar-refractivity contribution in [2.24, 2.45) is 0 Å². The molecule has 1 aromatic rings. The van der Waals surface area contributed by atoms with Crippen LogP contribution in [-0.2, 0) is 19.3 Å². The molecule has 1 aromatic carbocycles. The Morgan fingerprint density at radius 1 is 1.17 bits per heavy atom. The van der Waals surface area contributed by atoms with Crippen molar-refractivity contribution < 1.29 is 22.7 Å². The predicted molar refractivity (Wildman–Crippen MR) is 84.9 cm³/mol. The maximum atomic E-state index is 12.5. The van der Waals surface area contributed by atoms with Crippen LogP contribution >= 0.6 is 0 Å². The molecule has 2 heterocycles. The largest absolute Gasteiger partial charge is 0.444 e. The van der Waals surface area contributed by atoms with Gasteiger partial charge in [-0.3, -0.25) is 0 Å². The predicted octanol–water partition coefficient (Wildman–Crippen LogP) is 1.77. The number of sulfone groups is 1. The quantitative estimate of drug-likeness (QED) is 0.821. The minimum Gasteiger partial charge on any atom is -0.444 e. The third kappa shape index (κ3) is 3.84. The summed E-state index contributed by atoms with van der Waals surface area (Å²) in [6.45, 7) is 1.58. The first-order chi connectivity index (χ1) is 11.1. The molecule has 3 rings (SSSR count). The maximum absolute atomic E-state index is 12.5. The summed E-state index contributed by atoms with van der Waals surface area (Å²) in [4.78, 5) is 13.7. The first kappa shape index (κ1) is 16.3. The number of ether oxygens (including phenoxy) is 2. The van der Waals surface area contributed by atoms with Crippen LogP contribution in [0.1, 0.15) is 23.7 Å². The zero-order valence-corrected chi connectivity index (χ0v) is 13.7. The van der Waals surface area contributed by atoms with Crippen molar-refractivity contribution in [3.63, 3.8) is 0 Å². The fourth-order valence-corrected chi connectivity index (χ4v) is 4.79. The van der Waals surface area contributed by atoms with Crippen LogP contribution in [-0.4, -0.2) is 57.6 Å². The van der Waals surface area contributed by atoms with Crippen molar-refractivity contribution in [1.82, 2.24) is 4.90 Å². The molecule has 0 aromatic heterocycles. The Kier molecular flexibility index (Phi) is 4.87. The van der Waals surface area contributed by atoms with Gasteiger partial charge in [-0.05, 0) is 12.0 Å². The van der Waals surface area contributed by atoms with E-state index in [2.05, 4.69) is 0 Å². The highest BCUT2D eigenvalue weighted by atomic mass is 32.2. The van der Waals surface area contributed by atoms with E-state index in [1.165, 1.54) is 4.90 Å². The molecule has 7 heteroatoms. The van der Waals surface area contributed by atoms with Gasteiger partial charge in [0.15, 0.2) is 9.84 Å². The van der Waals surface area contributed by atoms with Crippen LogP contribution in [0.15, 0.2) is 30.3 Å². The third-order valence-corrected chi connectivity index (χ3v) is 6.45. The molecule has 2 aliphatic rings. The fraction of sp³-hybridized carbons (Fsp3) is 0.562. The van der Waals surface area contributed by atoms with Crippen LogP contribution in [0.25, 0.3) is 0 Å². The van der Waals surface area contributed by atoms with Crippen LogP contribution in [0.3, 0.4) is 0 Å². The van der Waals surface area contributed by atoms with Crippen LogP contribution in [0.4, 0.5) is 4.79 Å². The fourth-order valence-electron chi connectivity index (χ4n) is 2.99. The molecule has 126 valence electrons. The standard InChI is InChI=1S/C16H21NO5S/c18-16(22-14-7-10-21-12-14)17-8-6-15(23(19,20)11-9-17)13-4-2-1-3-5-13/h1-5,14-15H,6-12H2/t14-,15-/m0/s1. The zero-order chi connectivity index (χ0) is 16.3. The number of carbonyl (C=O) groups excluding carboxylic acids is 1. The van der Waals surface area contributed by atoms with E-state index in [0.717, 1.165) is 5.56 Å². The summed E-state index contributed by atoms with van der Waals surface area (Å²) in [5, 5.41) is -0.559. The van der Waals surface area contributed by atoms with Gasteiger partial charge >= 0.3 is 6.09 Å². The van der Waals surface area contributed by atoms with E-state index in [-0.39, 0.29) is 18.4 Å². The maximum Gasteiger partial charge on any atom is 0.410 e. The summed E-state index contributed by atoms with van der Waals surface area (Å²) in [5.41, 5.74) is 0.784. The summed E-state index contributed by atoms with van der Waals surface area (Å²) < 4.78 is 35.6. The van der Waals surface area contributed by atoms with Crippen molar-refractivity contribution in [3.8, 4) is 0 Å². The topological polar surface area (TPSA) is 72.9 Å². The molecule has 1 amide bonds. The van der Waals surface area contributed by atoms with Gasteiger partial charge in [-0.2, -0.15) is 0 Å². The number of amides is 1. The Labute approximate surface area is 136 Å². The van der Waals surface area contributed by atoms with Gasteiger partial charge in [0.1, 0.15) is 6.10 Å². The summed E-state index contributed by atoms with van der Waals surface area (Å²) in [7, 11) is -3.28. The summed E-state index contributed by atoms with van der Waals surface area (Å²) >= 11 is 0.